The first-order valence-corrected chi connectivity index (χ1v) is 7.67. The number of aliphatic imine (C=N–C) groups is 1. The molecule has 0 radical (unpaired) electrons. The molecule has 0 spiro atoms. The monoisotopic (exact) mass is 297 g/mol. The first kappa shape index (κ1) is 17.4. The van der Waals surface area contributed by atoms with Crippen molar-refractivity contribution in [2.75, 3.05) is 19.7 Å². The largest absolute Gasteiger partial charge is 0.371 e. The highest BCUT2D eigenvalue weighted by Crippen LogP contribution is 2.12. The van der Waals surface area contributed by atoms with E-state index in [2.05, 4.69) is 32.7 Å². The fourth-order valence-corrected chi connectivity index (χ4v) is 1.69. The van der Waals surface area contributed by atoms with Gasteiger partial charge in [-0.15, -0.1) is 0 Å². The van der Waals surface area contributed by atoms with Crippen LogP contribution in [0.4, 0.5) is 0 Å². The Bertz CT molecular complexity index is 419. The Morgan fingerprint density at radius 2 is 2.14 bits per heavy atom. The highest BCUT2D eigenvalue weighted by atomic mass is 16.5. The summed E-state index contributed by atoms with van der Waals surface area (Å²) in [5.74, 6) is 1.82. The molecule has 120 valence electrons. The second-order valence-electron chi connectivity index (χ2n) is 4.62. The average molecular weight is 297 g/mol. The molecular weight excluding hydrogens is 270 g/mol. The molecule has 1 unspecified atom stereocenters. The summed E-state index contributed by atoms with van der Waals surface area (Å²) in [5, 5.41) is 10.4. The lowest BCUT2D eigenvalue weighted by atomic mass is 10.3. The molecule has 1 heterocycles. The molecule has 0 saturated heterocycles. The third kappa shape index (κ3) is 6.57. The first-order valence-electron chi connectivity index (χ1n) is 7.67. The fourth-order valence-electron chi connectivity index (χ4n) is 1.69. The lowest BCUT2D eigenvalue weighted by molar-refractivity contribution is 0.0683. The van der Waals surface area contributed by atoms with E-state index in [9.17, 15) is 0 Å². The van der Waals surface area contributed by atoms with Crippen molar-refractivity contribution >= 4 is 5.96 Å². The van der Waals surface area contributed by atoms with Gasteiger partial charge in [0.15, 0.2) is 11.8 Å². The van der Waals surface area contributed by atoms with Gasteiger partial charge < -0.3 is 19.9 Å². The highest BCUT2D eigenvalue weighted by Gasteiger charge is 2.13. The van der Waals surface area contributed by atoms with E-state index in [0.29, 0.717) is 24.9 Å². The van der Waals surface area contributed by atoms with E-state index in [1.54, 1.807) is 0 Å². The van der Waals surface area contributed by atoms with E-state index >= 15 is 0 Å². The van der Waals surface area contributed by atoms with Gasteiger partial charge in [0.25, 0.3) is 0 Å². The van der Waals surface area contributed by atoms with Crippen LogP contribution in [0.3, 0.4) is 0 Å². The van der Waals surface area contributed by atoms with E-state index in [1.807, 2.05) is 20.8 Å². The Morgan fingerprint density at radius 3 is 2.81 bits per heavy atom. The van der Waals surface area contributed by atoms with Crippen LogP contribution in [-0.4, -0.2) is 35.8 Å². The Labute approximate surface area is 126 Å². The molecule has 0 saturated carbocycles. The average Bonchev–Trinajstić information content (AvgIpc) is 2.94. The predicted octanol–water partition coefficient (Wildman–Crippen LogP) is 2.02. The van der Waals surface area contributed by atoms with Gasteiger partial charge in [0, 0.05) is 19.7 Å². The molecule has 0 amide bonds. The summed E-state index contributed by atoms with van der Waals surface area (Å²) in [6.07, 6.45) is 2.10. The number of ether oxygens (including phenoxy) is 1. The maximum Gasteiger partial charge on any atom is 0.248 e. The van der Waals surface area contributed by atoms with Crippen molar-refractivity contribution in [1.82, 2.24) is 20.8 Å². The molecule has 1 aromatic heterocycles. The quantitative estimate of drug-likeness (QED) is 0.412. The molecule has 0 aromatic carbocycles. The van der Waals surface area contributed by atoms with E-state index in [0.717, 1.165) is 31.9 Å². The number of rotatable bonds is 9. The number of nitrogens with one attached hydrogen (secondary N) is 2. The third-order valence-electron chi connectivity index (χ3n) is 2.80. The minimum Gasteiger partial charge on any atom is -0.371 e. The van der Waals surface area contributed by atoms with Gasteiger partial charge in [-0.25, -0.2) is 4.99 Å². The molecule has 7 nitrogen and oxygen atoms in total. The fraction of sp³-hybridized carbons (Fsp3) is 0.786. The molecule has 21 heavy (non-hydrogen) atoms. The van der Waals surface area contributed by atoms with E-state index in [-0.39, 0.29) is 6.10 Å². The van der Waals surface area contributed by atoms with Gasteiger partial charge in [-0.2, -0.15) is 4.98 Å². The number of nitrogens with zero attached hydrogens (tertiary/aromatic N) is 3. The van der Waals surface area contributed by atoms with Crippen LogP contribution in [0.2, 0.25) is 0 Å². The Hall–Kier alpha value is -1.63. The standard InChI is InChI=1S/C14H27N5O2/c1-5-8-9-16-14(15-6-2)17-10-12-18-13(19-21-12)11(4)20-7-3/h11H,5-10H2,1-4H3,(H2,15,16,17). The zero-order valence-corrected chi connectivity index (χ0v) is 13.5. The van der Waals surface area contributed by atoms with Crippen molar-refractivity contribution in [3.8, 4) is 0 Å². The molecule has 2 N–H and O–H groups in total. The first-order chi connectivity index (χ1) is 10.2. The molecule has 0 aliphatic carbocycles. The molecule has 1 aromatic rings. The summed E-state index contributed by atoms with van der Waals surface area (Å²) < 4.78 is 10.6. The van der Waals surface area contributed by atoms with Crippen molar-refractivity contribution in [3.63, 3.8) is 0 Å². The number of aromatic nitrogens is 2. The summed E-state index contributed by atoms with van der Waals surface area (Å²) in [6, 6.07) is 0. The van der Waals surface area contributed by atoms with Crippen LogP contribution < -0.4 is 10.6 Å². The van der Waals surface area contributed by atoms with Crippen molar-refractivity contribution in [3.05, 3.63) is 11.7 Å². The lowest BCUT2D eigenvalue weighted by Crippen LogP contribution is -2.37. The number of unbranched alkanes of at least 4 members (excludes halogenated alkanes) is 1. The Kier molecular flexibility index (Phi) is 8.42. The van der Waals surface area contributed by atoms with Gasteiger partial charge in [-0.05, 0) is 27.2 Å². The highest BCUT2D eigenvalue weighted by molar-refractivity contribution is 5.79. The molecule has 0 aliphatic heterocycles. The smallest absolute Gasteiger partial charge is 0.248 e. The number of guanidine groups is 1. The molecule has 0 aliphatic rings. The van der Waals surface area contributed by atoms with E-state index < -0.39 is 0 Å². The van der Waals surface area contributed by atoms with Crippen LogP contribution in [-0.2, 0) is 11.3 Å². The van der Waals surface area contributed by atoms with Gasteiger partial charge >= 0.3 is 0 Å². The zero-order valence-electron chi connectivity index (χ0n) is 13.5. The summed E-state index contributed by atoms with van der Waals surface area (Å²) in [5.41, 5.74) is 0. The summed E-state index contributed by atoms with van der Waals surface area (Å²) in [7, 11) is 0. The van der Waals surface area contributed by atoms with Crippen LogP contribution in [0.1, 0.15) is 58.4 Å². The normalized spacial score (nSPS) is 13.2. The van der Waals surface area contributed by atoms with Crippen LogP contribution >= 0.6 is 0 Å². The molecule has 0 fully saturated rings. The van der Waals surface area contributed by atoms with Crippen LogP contribution in [0.5, 0.6) is 0 Å². The summed E-state index contributed by atoms with van der Waals surface area (Å²) >= 11 is 0. The van der Waals surface area contributed by atoms with Gasteiger partial charge in [-0.1, -0.05) is 18.5 Å². The van der Waals surface area contributed by atoms with Crippen molar-refractivity contribution in [2.45, 2.75) is 53.2 Å². The molecule has 1 atom stereocenters. The van der Waals surface area contributed by atoms with Crippen LogP contribution in [0.25, 0.3) is 0 Å². The summed E-state index contributed by atoms with van der Waals surface area (Å²) in [6.45, 7) is 10.7. The zero-order chi connectivity index (χ0) is 15.5. The molecule has 1 rings (SSSR count). The van der Waals surface area contributed by atoms with E-state index in [1.165, 1.54) is 0 Å². The second kappa shape index (κ2) is 10.1. The van der Waals surface area contributed by atoms with Crippen molar-refractivity contribution < 1.29 is 9.26 Å². The molecule has 7 heteroatoms. The SMILES string of the molecule is CCCCNC(=NCc1nc(C(C)OCC)no1)NCC. The Morgan fingerprint density at radius 1 is 1.33 bits per heavy atom. The minimum absolute atomic E-state index is 0.160. The van der Waals surface area contributed by atoms with Crippen molar-refractivity contribution in [2.24, 2.45) is 4.99 Å². The number of hydrogen-bond acceptors (Lipinski definition) is 5. The Balaban J connectivity index is 2.54. The maximum atomic E-state index is 5.43. The van der Waals surface area contributed by atoms with Gasteiger partial charge in [0.1, 0.15) is 12.6 Å². The second-order valence-corrected chi connectivity index (χ2v) is 4.62. The number of hydrogen-bond donors (Lipinski definition) is 2. The van der Waals surface area contributed by atoms with Crippen LogP contribution in [0.15, 0.2) is 9.52 Å². The molecular formula is C14H27N5O2. The van der Waals surface area contributed by atoms with Crippen molar-refractivity contribution in [1.29, 1.82) is 0 Å². The maximum absolute atomic E-state index is 5.43. The lowest BCUT2D eigenvalue weighted by Gasteiger charge is -2.09. The van der Waals surface area contributed by atoms with Gasteiger partial charge in [0.05, 0.1) is 0 Å². The van der Waals surface area contributed by atoms with E-state index in [4.69, 9.17) is 9.26 Å². The van der Waals surface area contributed by atoms with Gasteiger partial charge in [0.2, 0.25) is 5.89 Å². The minimum atomic E-state index is -0.160. The molecule has 0 bridgehead atoms. The topological polar surface area (TPSA) is 84.6 Å². The predicted molar refractivity (Wildman–Crippen MR) is 82.1 cm³/mol. The van der Waals surface area contributed by atoms with Crippen LogP contribution in [0, 0.1) is 0 Å². The third-order valence-corrected chi connectivity index (χ3v) is 2.80. The summed E-state index contributed by atoms with van der Waals surface area (Å²) in [4.78, 5) is 8.72. The van der Waals surface area contributed by atoms with Gasteiger partial charge in [-0.3, -0.25) is 0 Å².